The van der Waals surface area contributed by atoms with Crippen LogP contribution in [0.2, 0.25) is 0 Å². The molecule has 2 aromatic rings. The predicted octanol–water partition coefficient (Wildman–Crippen LogP) is 2.22. The molecule has 0 fully saturated rings. The summed E-state index contributed by atoms with van der Waals surface area (Å²) in [4.78, 5) is 11.3. The van der Waals surface area contributed by atoms with Crippen LogP contribution in [0.25, 0.3) is 0 Å². The number of anilines is 1. The summed E-state index contributed by atoms with van der Waals surface area (Å²) in [6.07, 6.45) is 0. The first kappa shape index (κ1) is 13.8. The summed E-state index contributed by atoms with van der Waals surface area (Å²) in [5.74, 6) is -2.50. The minimum atomic E-state index is -0.983. The van der Waals surface area contributed by atoms with E-state index in [-0.39, 0.29) is 23.5 Å². The quantitative estimate of drug-likeness (QED) is 0.842. The lowest BCUT2D eigenvalue weighted by molar-refractivity contribution is 0.0996. The number of ether oxygens (including phenoxy) is 1. The third-order valence-electron chi connectivity index (χ3n) is 2.68. The Morgan fingerprint density at radius 2 is 1.95 bits per heavy atom. The van der Waals surface area contributed by atoms with Crippen molar-refractivity contribution in [3.63, 3.8) is 0 Å². The number of hydrogen-bond donors (Lipinski definition) is 2. The largest absolute Gasteiger partial charge is 0.488 e. The lowest BCUT2D eigenvalue weighted by Gasteiger charge is -2.11. The second-order valence-corrected chi connectivity index (χ2v) is 4.12. The van der Waals surface area contributed by atoms with Crippen molar-refractivity contribution < 1.29 is 18.3 Å². The van der Waals surface area contributed by atoms with E-state index in [0.717, 1.165) is 6.07 Å². The van der Waals surface area contributed by atoms with E-state index < -0.39 is 17.5 Å². The number of benzene rings is 2. The molecule has 1 amide bonds. The van der Waals surface area contributed by atoms with Crippen molar-refractivity contribution >= 4 is 11.6 Å². The lowest BCUT2D eigenvalue weighted by Crippen LogP contribution is -2.13. The fraction of sp³-hybridized carbons (Fsp3) is 0.0714. The van der Waals surface area contributed by atoms with Gasteiger partial charge >= 0.3 is 0 Å². The first-order chi connectivity index (χ1) is 9.49. The number of halogens is 2. The third kappa shape index (κ3) is 2.85. The Labute approximate surface area is 114 Å². The van der Waals surface area contributed by atoms with E-state index in [0.29, 0.717) is 5.69 Å². The van der Waals surface area contributed by atoms with Crippen LogP contribution in [0.5, 0.6) is 5.75 Å². The van der Waals surface area contributed by atoms with Crippen molar-refractivity contribution in [2.45, 2.75) is 6.61 Å². The molecule has 0 aliphatic rings. The molecule has 104 valence electrons. The van der Waals surface area contributed by atoms with E-state index in [2.05, 4.69) is 0 Å². The van der Waals surface area contributed by atoms with Crippen molar-refractivity contribution in [1.82, 2.24) is 0 Å². The van der Waals surface area contributed by atoms with Gasteiger partial charge in [0.1, 0.15) is 12.4 Å². The molecule has 4 N–H and O–H groups in total. The molecule has 0 aromatic heterocycles. The topological polar surface area (TPSA) is 78.3 Å². The third-order valence-corrected chi connectivity index (χ3v) is 2.68. The molecule has 0 spiro atoms. The van der Waals surface area contributed by atoms with Gasteiger partial charge in [-0.2, -0.15) is 0 Å². The number of amides is 1. The Kier molecular flexibility index (Phi) is 3.84. The van der Waals surface area contributed by atoms with Gasteiger partial charge in [-0.15, -0.1) is 0 Å². The first-order valence-electron chi connectivity index (χ1n) is 5.74. The highest BCUT2D eigenvalue weighted by atomic mass is 19.2. The van der Waals surface area contributed by atoms with Gasteiger partial charge in [0, 0.05) is 11.3 Å². The van der Waals surface area contributed by atoms with Crippen LogP contribution in [0.15, 0.2) is 36.4 Å². The molecule has 0 aliphatic carbocycles. The van der Waals surface area contributed by atoms with Gasteiger partial charge in [-0.05, 0) is 24.3 Å². The Bertz CT molecular complexity index is 660. The Morgan fingerprint density at radius 1 is 1.20 bits per heavy atom. The second-order valence-electron chi connectivity index (χ2n) is 4.12. The number of primary amides is 1. The monoisotopic (exact) mass is 278 g/mol. The summed E-state index contributed by atoms with van der Waals surface area (Å²) in [5, 5.41) is 0. The van der Waals surface area contributed by atoms with E-state index in [4.69, 9.17) is 16.2 Å². The maximum Gasteiger partial charge on any atom is 0.252 e. The zero-order valence-corrected chi connectivity index (χ0v) is 10.4. The van der Waals surface area contributed by atoms with Crippen molar-refractivity contribution in [2.75, 3.05) is 5.73 Å². The zero-order chi connectivity index (χ0) is 14.7. The predicted molar refractivity (Wildman–Crippen MR) is 70.1 cm³/mol. The van der Waals surface area contributed by atoms with Crippen molar-refractivity contribution in [1.29, 1.82) is 0 Å². The van der Waals surface area contributed by atoms with Gasteiger partial charge in [0.15, 0.2) is 11.6 Å². The normalized spacial score (nSPS) is 10.3. The number of carbonyl (C=O) groups excluding carboxylic acids is 1. The van der Waals surface area contributed by atoms with E-state index >= 15 is 0 Å². The maximum absolute atomic E-state index is 13.5. The Morgan fingerprint density at radius 3 is 2.65 bits per heavy atom. The van der Waals surface area contributed by atoms with Gasteiger partial charge in [0.2, 0.25) is 0 Å². The van der Waals surface area contributed by atoms with Crippen LogP contribution < -0.4 is 16.2 Å². The Hall–Kier alpha value is -2.63. The fourth-order valence-electron chi connectivity index (χ4n) is 1.68. The van der Waals surface area contributed by atoms with Crippen LogP contribution >= 0.6 is 0 Å². The lowest BCUT2D eigenvalue weighted by atomic mass is 10.1. The van der Waals surface area contributed by atoms with Gasteiger partial charge in [-0.1, -0.05) is 12.1 Å². The van der Waals surface area contributed by atoms with Gasteiger partial charge in [-0.3, -0.25) is 4.79 Å². The molecule has 4 nitrogen and oxygen atoms in total. The summed E-state index contributed by atoms with van der Waals surface area (Å²) in [7, 11) is 0. The van der Waals surface area contributed by atoms with Crippen LogP contribution in [0, 0.1) is 11.6 Å². The standard InChI is InChI=1S/C14H12F2N2O2/c15-11-3-1-2-8(13(11)16)7-20-12-5-4-9(17)6-10(12)14(18)19/h1-6H,7,17H2,(H2,18,19). The Balaban J connectivity index is 2.23. The summed E-state index contributed by atoms with van der Waals surface area (Å²) < 4.78 is 31.8. The number of nitrogen functional groups attached to an aromatic ring is 1. The maximum atomic E-state index is 13.5. The molecule has 0 unspecified atom stereocenters. The van der Waals surface area contributed by atoms with Crippen molar-refractivity contribution in [3.05, 3.63) is 59.2 Å². The SMILES string of the molecule is NC(=O)c1cc(N)ccc1OCc1cccc(F)c1F. The van der Waals surface area contributed by atoms with Crippen LogP contribution in [0.3, 0.4) is 0 Å². The molecule has 20 heavy (non-hydrogen) atoms. The van der Waals surface area contributed by atoms with E-state index in [1.807, 2.05) is 0 Å². The molecule has 0 saturated heterocycles. The average Bonchev–Trinajstić information content (AvgIpc) is 2.41. The average molecular weight is 278 g/mol. The van der Waals surface area contributed by atoms with Crippen LogP contribution in [0.1, 0.15) is 15.9 Å². The highest BCUT2D eigenvalue weighted by Gasteiger charge is 2.12. The zero-order valence-electron chi connectivity index (χ0n) is 10.4. The van der Waals surface area contributed by atoms with Crippen LogP contribution in [-0.2, 0) is 6.61 Å². The highest BCUT2D eigenvalue weighted by Crippen LogP contribution is 2.23. The second kappa shape index (κ2) is 5.56. The molecular weight excluding hydrogens is 266 g/mol. The van der Waals surface area contributed by atoms with Gasteiger partial charge in [0.25, 0.3) is 5.91 Å². The first-order valence-corrected chi connectivity index (χ1v) is 5.74. The molecule has 0 atom stereocenters. The number of hydrogen-bond acceptors (Lipinski definition) is 3. The highest BCUT2D eigenvalue weighted by molar-refractivity contribution is 5.96. The molecule has 0 saturated carbocycles. The summed E-state index contributed by atoms with van der Waals surface area (Å²) >= 11 is 0. The molecule has 0 heterocycles. The molecule has 0 aliphatic heterocycles. The van der Waals surface area contributed by atoms with Crippen LogP contribution in [-0.4, -0.2) is 5.91 Å². The minimum absolute atomic E-state index is 0.0391. The smallest absolute Gasteiger partial charge is 0.252 e. The van der Waals surface area contributed by atoms with E-state index in [1.165, 1.54) is 30.3 Å². The van der Waals surface area contributed by atoms with Gasteiger partial charge in [0.05, 0.1) is 5.56 Å². The fourth-order valence-corrected chi connectivity index (χ4v) is 1.68. The number of nitrogens with two attached hydrogens (primary N) is 2. The number of carbonyl (C=O) groups is 1. The molecule has 0 bridgehead atoms. The molecule has 2 rings (SSSR count). The molecule has 2 aromatic carbocycles. The summed E-state index contributed by atoms with van der Waals surface area (Å²) in [5.41, 5.74) is 11.2. The summed E-state index contributed by atoms with van der Waals surface area (Å²) in [6.45, 7) is -0.228. The minimum Gasteiger partial charge on any atom is -0.488 e. The molecular formula is C14H12F2N2O2. The van der Waals surface area contributed by atoms with E-state index in [1.54, 1.807) is 0 Å². The molecule has 6 heteroatoms. The van der Waals surface area contributed by atoms with Crippen LogP contribution in [0.4, 0.5) is 14.5 Å². The number of rotatable bonds is 4. The van der Waals surface area contributed by atoms with Gasteiger partial charge < -0.3 is 16.2 Å². The van der Waals surface area contributed by atoms with Crippen molar-refractivity contribution in [2.24, 2.45) is 5.73 Å². The van der Waals surface area contributed by atoms with E-state index in [9.17, 15) is 13.6 Å². The molecule has 0 radical (unpaired) electrons. The van der Waals surface area contributed by atoms with Gasteiger partial charge in [-0.25, -0.2) is 8.78 Å². The van der Waals surface area contributed by atoms with Crippen molar-refractivity contribution in [3.8, 4) is 5.75 Å². The summed E-state index contributed by atoms with van der Waals surface area (Å²) in [6, 6.07) is 8.10.